The SMILES string of the molecule is CS(=O)(=O)N(CCCC(=O)Nc1ccc(S(=O)(=O)Nc2ccc(Cl)cc2)cc1)c1cccc(Cl)c1. The van der Waals surface area contributed by atoms with E-state index in [1.165, 1.54) is 28.6 Å². The fourth-order valence-electron chi connectivity index (χ4n) is 3.17. The maximum Gasteiger partial charge on any atom is 0.261 e. The topological polar surface area (TPSA) is 113 Å². The molecule has 0 spiro atoms. The third kappa shape index (κ3) is 7.86. The zero-order valence-corrected chi connectivity index (χ0v) is 21.8. The molecule has 0 heterocycles. The average Bonchev–Trinajstić information content (AvgIpc) is 2.77. The molecule has 3 aromatic carbocycles. The van der Waals surface area contributed by atoms with Crippen molar-refractivity contribution in [1.29, 1.82) is 0 Å². The van der Waals surface area contributed by atoms with E-state index in [1.54, 1.807) is 48.5 Å². The van der Waals surface area contributed by atoms with E-state index in [-0.39, 0.29) is 30.2 Å². The largest absolute Gasteiger partial charge is 0.326 e. The first kappa shape index (κ1) is 26.8. The summed E-state index contributed by atoms with van der Waals surface area (Å²) in [6.07, 6.45) is 1.42. The number of rotatable bonds is 10. The predicted molar refractivity (Wildman–Crippen MR) is 140 cm³/mol. The highest BCUT2D eigenvalue weighted by Crippen LogP contribution is 2.23. The first-order chi connectivity index (χ1) is 16.4. The molecule has 0 aliphatic carbocycles. The maximum absolute atomic E-state index is 12.6. The first-order valence-corrected chi connectivity index (χ1v) is 14.4. The Morgan fingerprint density at radius 3 is 2.09 bits per heavy atom. The Balaban J connectivity index is 1.56. The highest BCUT2D eigenvalue weighted by molar-refractivity contribution is 7.92. The molecule has 0 fully saturated rings. The van der Waals surface area contributed by atoms with Crippen molar-refractivity contribution in [1.82, 2.24) is 0 Å². The van der Waals surface area contributed by atoms with E-state index in [2.05, 4.69) is 10.0 Å². The van der Waals surface area contributed by atoms with Gasteiger partial charge < -0.3 is 5.32 Å². The minimum absolute atomic E-state index is 0.0239. The van der Waals surface area contributed by atoms with Gasteiger partial charge in [0.05, 0.1) is 16.8 Å². The van der Waals surface area contributed by atoms with E-state index >= 15 is 0 Å². The lowest BCUT2D eigenvalue weighted by atomic mass is 10.2. The number of sulfonamides is 2. The van der Waals surface area contributed by atoms with Gasteiger partial charge in [0.15, 0.2) is 0 Å². The minimum atomic E-state index is -3.82. The number of nitrogens with one attached hydrogen (secondary N) is 2. The van der Waals surface area contributed by atoms with Gasteiger partial charge in [-0.15, -0.1) is 0 Å². The van der Waals surface area contributed by atoms with Gasteiger partial charge in [-0.2, -0.15) is 0 Å². The summed E-state index contributed by atoms with van der Waals surface area (Å²) in [5.74, 6) is -0.334. The molecule has 1 amide bonds. The van der Waals surface area contributed by atoms with Crippen LogP contribution in [0.4, 0.5) is 17.1 Å². The number of hydrogen-bond acceptors (Lipinski definition) is 5. The Hall–Kier alpha value is -2.79. The Bertz CT molecular complexity index is 1400. The van der Waals surface area contributed by atoms with E-state index in [4.69, 9.17) is 23.2 Å². The highest BCUT2D eigenvalue weighted by Gasteiger charge is 2.18. The van der Waals surface area contributed by atoms with Gasteiger partial charge in [0.1, 0.15) is 0 Å². The summed E-state index contributed by atoms with van der Waals surface area (Å²) in [4.78, 5) is 12.4. The van der Waals surface area contributed by atoms with Crippen LogP contribution in [0.2, 0.25) is 10.0 Å². The van der Waals surface area contributed by atoms with Crippen LogP contribution in [0.3, 0.4) is 0 Å². The summed E-state index contributed by atoms with van der Waals surface area (Å²) < 4.78 is 53.1. The lowest BCUT2D eigenvalue weighted by Gasteiger charge is -2.22. The maximum atomic E-state index is 12.6. The monoisotopic (exact) mass is 555 g/mol. The molecule has 0 aliphatic rings. The second-order valence-corrected chi connectivity index (χ2v) is 12.1. The fourth-order valence-corrected chi connectivity index (χ4v) is 5.50. The molecule has 12 heteroatoms. The molecule has 0 atom stereocenters. The number of anilines is 3. The minimum Gasteiger partial charge on any atom is -0.326 e. The zero-order valence-electron chi connectivity index (χ0n) is 18.6. The molecule has 0 saturated carbocycles. The number of amides is 1. The Labute approximate surface area is 215 Å². The first-order valence-electron chi connectivity index (χ1n) is 10.4. The second-order valence-electron chi connectivity index (χ2n) is 7.60. The Kier molecular flexibility index (Phi) is 8.65. The van der Waals surface area contributed by atoms with Crippen molar-refractivity contribution in [2.75, 3.05) is 27.1 Å². The summed E-state index contributed by atoms with van der Waals surface area (Å²) in [6, 6.07) is 18.4. The van der Waals surface area contributed by atoms with Crippen molar-refractivity contribution in [2.24, 2.45) is 0 Å². The van der Waals surface area contributed by atoms with Crippen molar-refractivity contribution in [3.05, 3.63) is 82.8 Å². The van der Waals surface area contributed by atoms with Crippen molar-refractivity contribution >= 4 is 66.2 Å². The van der Waals surface area contributed by atoms with Gasteiger partial charge in [-0.1, -0.05) is 29.3 Å². The van der Waals surface area contributed by atoms with Crippen LogP contribution in [-0.2, 0) is 24.8 Å². The van der Waals surface area contributed by atoms with Gasteiger partial charge in [0, 0.05) is 34.4 Å². The van der Waals surface area contributed by atoms with Gasteiger partial charge in [0.2, 0.25) is 15.9 Å². The highest BCUT2D eigenvalue weighted by atomic mass is 35.5. The van der Waals surface area contributed by atoms with Crippen molar-refractivity contribution in [2.45, 2.75) is 17.7 Å². The van der Waals surface area contributed by atoms with E-state index in [1.807, 2.05) is 0 Å². The molecule has 35 heavy (non-hydrogen) atoms. The number of halogens is 2. The van der Waals surface area contributed by atoms with Crippen LogP contribution in [0, 0.1) is 0 Å². The van der Waals surface area contributed by atoms with E-state index in [0.29, 0.717) is 27.1 Å². The van der Waals surface area contributed by atoms with Crippen molar-refractivity contribution in [3.63, 3.8) is 0 Å². The molecular weight excluding hydrogens is 533 g/mol. The molecule has 0 aromatic heterocycles. The van der Waals surface area contributed by atoms with Crippen molar-refractivity contribution in [3.8, 4) is 0 Å². The zero-order chi connectivity index (χ0) is 25.6. The molecule has 3 aromatic rings. The third-order valence-corrected chi connectivity index (χ3v) is 7.88. The van der Waals surface area contributed by atoms with E-state index in [0.717, 1.165) is 6.26 Å². The molecular formula is C23H23Cl2N3O5S2. The molecule has 0 aliphatic heterocycles. The summed E-state index contributed by atoms with van der Waals surface area (Å²) in [6.45, 7) is 0.0974. The van der Waals surface area contributed by atoms with Crippen LogP contribution in [0.15, 0.2) is 77.7 Å². The van der Waals surface area contributed by atoms with Gasteiger partial charge in [-0.05, 0) is 73.2 Å². The normalized spacial score (nSPS) is 11.6. The van der Waals surface area contributed by atoms with Crippen LogP contribution in [0.1, 0.15) is 12.8 Å². The van der Waals surface area contributed by atoms with E-state index < -0.39 is 20.0 Å². The van der Waals surface area contributed by atoms with Gasteiger partial charge in [-0.3, -0.25) is 13.8 Å². The molecule has 186 valence electrons. The summed E-state index contributed by atoms with van der Waals surface area (Å²) in [7, 11) is -7.38. The summed E-state index contributed by atoms with van der Waals surface area (Å²) in [5, 5.41) is 3.57. The number of hydrogen-bond donors (Lipinski definition) is 2. The Morgan fingerprint density at radius 2 is 1.49 bits per heavy atom. The molecule has 0 unspecified atom stereocenters. The number of nitrogens with zero attached hydrogens (tertiary/aromatic N) is 1. The third-order valence-electron chi connectivity index (χ3n) is 4.81. The quantitative estimate of drug-likeness (QED) is 0.366. The molecule has 0 bridgehead atoms. The average molecular weight is 556 g/mol. The summed E-state index contributed by atoms with van der Waals surface area (Å²) in [5.41, 5.74) is 1.20. The van der Waals surface area contributed by atoms with Gasteiger partial charge >= 0.3 is 0 Å². The lowest BCUT2D eigenvalue weighted by molar-refractivity contribution is -0.116. The Morgan fingerprint density at radius 1 is 0.857 bits per heavy atom. The number of benzene rings is 3. The van der Waals surface area contributed by atoms with E-state index in [9.17, 15) is 21.6 Å². The predicted octanol–water partition coefficient (Wildman–Crippen LogP) is 4.98. The molecule has 8 nitrogen and oxygen atoms in total. The van der Waals surface area contributed by atoms with Crippen molar-refractivity contribution < 1.29 is 21.6 Å². The van der Waals surface area contributed by atoms with Crippen LogP contribution in [-0.4, -0.2) is 35.5 Å². The number of carbonyl (C=O) groups excluding carboxylic acids is 1. The van der Waals surface area contributed by atoms with Crippen LogP contribution in [0.25, 0.3) is 0 Å². The fraction of sp³-hybridized carbons (Fsp3) is 0.174. The smallest absolute Gasteiger partial charge is 0.261 e. The molecule has 2 N–H and O–H groups in total. The lowest BCUT2D eigenvalue weighted by Crippen LogP contribution is -2.31. The second kappa shape index (κ2) is 11.3. The molecule has 3 rings (SSSR count). The van der Waals surface area contributed by atoms with Gasteiger partial charge in [-0.25, -0.2) is 16.8 Å². The van der Waals surface area contributed by atoms with Crippen LogP contribution >= 0.6 is 23.2 Å². The van der Waals surface area contributed by atoms with Gasteiger partial charge in [0.25, 0.3) is 10.0 Å². The standard InChI is InChI=1S/C23H23Cl2N3O5S2/c1-34(30,31)28(21-5-2-4-18(25)16-21)15-3-6-23(29)26-19-11-13-22(14-12-19)35(32,33)27-20-9-7-17(24)8-10-20/h2,4-5,7-14,16,27H,3,6,15H2,1H3,(H,26,29). The van der Waals surface area contributed by atoms with Crippen LogP contribution in [0.5, 0.6) is 0 Å². The molecule has 0 radical (unpaired) electrons. The summed E-state index contributed by atoms with van der Waals surface area (Å²) >= 11 is 11.8. The van der Waals surface area contributed by atoms with Crippen LogP contribution < -0.4 is 14.3 Å². The molecule has 0 saturated heterocycles. The number of carbonyl (C=O) groups is 1.